The molecule has 0 radical (unpaired) electrons. The van der Waals surface area contributed by atoms with Gasteiger partial charge in [0, 0.05) is 17.7 Å². The number of aliphatic hydroxyl groups excluding tert-OH is 2. The van der Waals surface area contributed by atoms with Gasteiger partial charge in [0.25, 0.3) is 0 Å². The molecular formula is C20H30ClNO3. The molecule has 2 aliphatic rings. The second-order valence-electron chi connectivity index (χ2n) is 7.50. The van der Waals surface area contributed by atoms with Crippen molar-refractivity contribution in [2.45, 2.75) is 82.3 Å². The Morgan fingerprint density at radius 1 is 1.16 bits per heavy atom. The van der Waals surface area contributed by atoms with Crippen LogP contribution in [-0.2, 0) is 17.6 Å². The lowest BCUT2D eigenvalue weighted by atomic mass is 9.73. The highest BCUT2D eigenvalue weighted by molar-refractivity contribution is 6.30. The molecular weight excluding hydrogens is 338 g/mol. The van der Waals surface area contributed by atoms with E-state index in [2.05, 4.69) is 19.2 Å². The van der Waals surface area contributed by atoms with Crippen molar-refractivity contribution >= 4 is 11.6 Å². The summed E-state index contributed by atoms with van der Waals surface area (Å²) in [6, 6.07) is 3.95. The van der Waals surface area contributed by atoms with E-state index in [1.807, 2.05) is 12.1 Å². The molecule has 1 aliphatic carbocycles. The number of rotatable bonds is 4. The number of ether oxygens (including phenoxy) is 1. The molecule has 140 valence electrons. The zero-order valence-corrected chi connectivity index (χ0v) is 16.1. The van der Waals surface area contributed by atoms with Gasteiger partial charge in [0.2, 0.25) is 0 Å². The number of hydrogen-bond donors (Lipinski definition) is 3. The van der Waals surface area contributed by atoms with Crippen molar-refractivity contribution in [1.82, 2.24) is 5.32 Å². The largest absolute Gasteiger partial charge is 0.390 e. The van der Waals surface area contributed by atoms with Gasteiger partial charge in [0.1, 0.15) is 6.23 Å². The fourth-order valence-electron chi connectivity index (χ4n) is 4.83. The second kappa shape index (κ2) is 7.53. The smallest absolute Gasteiger partial charge is 0.114 e. The van der Waals surface area contributed by atoms with Crippen LogP contribution in [0.25, 0.3) is 0 Å². The Hall–Kier alpha value is -0.650. The topological polar surface area (TPSA) is 61.7 Å². The van der Waals surface area contributed by atoms with Gasteiger partial charge >= 0.3 is 0 Å². The molecule has 1 aliphatic heterocycles. The summed E-state index contributed by atoms with van der Waals surface area (Å²) in [5.41, 5.74) is 2.90. The third-order valence-corrected chi connectivity index (χ3v) is 6.47. The minimum atomic E-state index is -0.745. The van der Waals surface area contributed by atoms with Gasteiger partial charge in [-0.15, -0.1) is 0 Å². The lowest BCUT2D eigenvalue weighted by Crippen LogP contribution is -2.52. The Bertz CT molecular complexity index is 588. The molecule has 3 atom stereocenters. The van der Waals surface area contributed by atoms with E-state index >= 15 is 0 Å². The van der Waals surface area contributed by atoms with Gasteiger partial charge < -0.3 is 14.9 Å². The van der Waals surface area contributed by atoms with Crippen molar-refractivity contribution in [2.24, 2.45) is 0 Å². The van der Waals surface area contributed by atoms with Crippen LogP contribution < -0.4 is 5.32 Å². The summed E-state index contributed by atoms with van der Waals surface area (Å²) in [5.74, 6) is -0.318. The van der Waals surface area contributed by atoms with Gasteiger partial charge in [0.05, 0.1) is 18.1 Å². The van der Waals surface area contributed by atoms with Crippen molar-refractivity contribution < 1.29 is 14.9 Å². The van der Waals surface area contributed by atoms with E-state index in [0.717, 1.165) is 60.2 Å². The van der Waals surface area contributed by atoms with Crippen LogP contribution in [0.15, 0.2) is 12.1 Å². The maximum Gasteiger partial charge on any atom is 0.114 e. The monoisotopic (exact) mass is 367 g/mol. The predicted molar refractivity (Wildman–Crippen MR) is 100 cm³/mol. The molecule has 1 aromatic rings. The Labute approximate surface area is 155 Å². The van der Waals surface area contributed by atoms with Crippen LogP contribution in [0.4, 0.5) is 0 Å². The van der Waals surface area contributed by atoms with E-state index in [1.165, 1.54) is 0 Å². The fourth-order valence-corrected chi connectivity index (χ4v) is 5.10. The number of nitrogens with one attached hydrogen (secondary N) is 1. The molecule has 2 fully saturated rings. The van der Waals surface area contributed by atoms with Crippen LogP contribution >= 0.6 is 11.6 Å². The maximum atomic E-state index is 11.3. The third-order valence-electron chi connectivity index (χ3n) is 6.25. The van der Waals surface area contributed by atoms with E-state index in [-0.39, 0.29) is 12.0 Å². The Kier molecular flexibility index (Phi) is 5.76. The molecule has 3 rings (SSSR count). The minimum absolute atomic E-state index is 0.253. The van der Waals surface area contributed by atoms with Gasteiger partial charge in [-0.2, -0.15) is 0 Å². The number of methoxy groups -OCH3 is 1. The summed E-state index contributed by atoms with van der Waals surface area (Å²) in [6.07, 6.45) is 4.00. The zero-order chi connectivity index (χ0) is 18.2. The summed E-state index contributed by atoms with van der Waals surface area (Å²) < 4.78 is 5.47. The van der Waals surface area contributed by atoms with Crippen LogP contribution in [-0.4, -0.2) is 41.3 Å². The predicted octanol–water partition coefficient (Wildman–Crippen LogP) is 3.16. The van der Waals surface area contributed by atoms with Gasteiger partial charge in [-0.3, -0.25) is 5.32 Å². The van der Waals surface area contributed by atoms with E-state index in [0.29, 0.717) is 0 Å². The van der Waals surface area contributed by atoms with Crippen LogP contribution in [0.3, 0.4) is 0 Å². The highest BCUT2D eigenvalue weighted by Crippen LogP contribution is 2.46. The van der Waals surface area contributed by atoms with Crippen molar-refractivity contribution in [3.05, 3.63) is 33.8 Å². The molecule has 1 saturated heterocycles. The first kappa shape index (κ1) is 19.1. The van der Waals surface area contributed by atoms with Gasteiger partial charge in [-0.1, -0.05) is 25.4 Å². The lowest BCUT2D eigenvalue weighted by molar-refractivity contribution is 0.00325. The zero-order valence-electron chi connectivity index (χ0n) is 15.4. The lowest BCUT2D eigenvalue weighted by Gasteiger charge is -2.40. The molecule has 1 aromatic carbocycles. The summed E-state index contributed by atoms with van der Waals surface area (Å²) in [7, 11) is 1.74. The maximum absolute atomic E-state index is 11.3. The SMILES string of the molecule is CCc1cc(Cl)cc(CC)c1C1C(O)NC2(CCC(OC)CC2)C1O. The molecule has 3 unspecified atom stereocenters. The molecule has 0 amide bonds. The normalized spacial score (nSPS) is 35.4. The molecule has 1 heterocycles. The highest BCUT2D eigenvalue weighted by Gasteiger charge is 2.54. The van der Waals surface area contributed by atoms with Crippen molar-refractivity contribution in [1.29, 1.82) is 0 Å². The van der Waals surface area contributed by atoms with Crippen LogP contribution in [0, 0.1) is 0 Å². The van der Waals surface area contributed by atoms with E-state index in [9.17, 15) is 10.2 Å². The standard InChI is InChI=1S/C20H30ClNO3/c1-4-12-10-14(21)11-13(5-2)16(12)17-18(23)20(22-19(17)24)8-6-15(25-3)7-9-20/h10-11,15,17-19,22-24H,4-9H2,1-3H3. The number of halogens is 1. The van der Waals surface area contributed by atoms with Crippen molar-refractivity contribution in [2.75, 3.05) is 7.11 Å². The summed E-state index contributed by atoms with van der Waals surface area (Å²) in [4.78, 5) is 0. The van der Waals surface area contributed by atoms with E-state index < -0.39 is 17.9 Å². The van der Waals surface area contributed by atoms with Crippen molar-refractivity contribution in [3.8, 4) is 0 Å². The summed E-state index contributed by atoms with van der Waals surface area (Å²) in [6.45, 7) is 4.19. The molecule has 0 bridgehead atoms. The average molecular weight is 368 g/mol. The van der Waals surface area contributed by atoms with Crippen molar-refractivity contribution in [3.63, 3.8) is 0 Å². The Morgan fingerprint density at radius 3 is 2.20 bits per heavy atom. The minimum Gasteiger partial charge on any atom is -0.390 e. The second-order valence-corrected chi connectivity index (χ2v) is 7.93. The molecule has 3 N–H and O–H groups in total. The average Bonchev–Trinajstić information content (AvgIpc) is 2.85. The van der Waals surface area contributed by atoms with E-state index in [1.54, 1.807) is 7.11 Å². The number of benzene rings is 1. The molecule has 4 nitrogen and oxygen atoms in total. The Morgan fingerprint density at radius 2 is 1.72 bits per heavy atom. The first-order valence-corrected chi connectivity index (χ1v) is 9.81. The molecule has 0 aromatic heterocycles. The van der Waals surface area contributed by atoms with Gasteiger partial charge in [-0.05, 0) is 67.3 Å². The van der Waals surface area contributed by atoms with E-state index in [4.69, 9.17) is 16.3 Å². The summed E-state index contributed by atoms with van der Waals surface area (Å²) >= 11 is 6.28. The first-order chi connectivity index (χ1) is 12.0. The third kappa shape index (κ3) is 3.35. The molecule has 5 heteroatoms. The van der Waals surface area contributed by atoms with Crippen LogP contribution in [0.5, 0.6) is 0 Å². The molecule has 1 spiro atoms. The van der Waals surface area contributed by atoms with Gasteiger partial charge in [-0.25, -0.2) is 0 Å². The highest BCUT2D eigenvalue weighted by atomic mass is 35.5. The fraction of sp³-hybridized carbons (Fsp3) is 0.700. The first-order valence-electron chi connectivity index (χ1n) is 9.43. The quantitative estimate of drug-likeness (QED) is 0.765. The van der Waals surface area contributed by atoms with Gasteiger partial charge in [0.15, 0.2) is 0 Å². The number of aliphatic hydroxyl groups is 2. The van der Waals surface area contributed by atoms with Crippen LogP contribution in [0.2, 0.25) is 5.02 Å². The van der Waals surface area contributed by atoms with Crippen LogP contribution in [0.1, 0.15) is 62.1 Å². The molecule has 1 saturated carbocycles. The summed E-state index contributed by atoms with van der Waals surface area (Å²) in [5, 5.41) is 26.2. The molecule has 25 heavy (non-hydrogen) atoms. The Balaban J connectivity index is 1.96. The number of aryl methyl sites for hydroxylation is 2. The number of hydrogen-bond acceptors (Lipinski definition) is 4.